The molecule has 230 valence electrons. The van der Waals surface area contributed by atoms with Gasteiger partial charge in [-0.2, -0.15) is 0 Å². The number of aromatic nitrogens is 4. The van der Waals surface area contributed by atoms with E-state index < -0.39 is 0 Å². The van der Waals surface area contributed by atoms with Crippen molar-refractivity contribution in [3.8, 4) is 67.7 Å². The number of rotatable bonds is 6. The number of fused-ring (bicyclic) bond motifs is 3. The zero-order valence-corrected chi connectivity index (χ0v) is 27.2. The molecule has 0 radical (unpaired) electrons. The maximum atomic E-state index is 5.26. The summed E-state index contributed by atoms with van der Waals surface area (Å²) in [6, 6.07) is 58.4. The maximum absolute atomic E-state index is 5.26. The Labute approximate surface area is 288 Å². The normalized spacial score (nSPS) is 11.3. The van der Waals surface area contributed by atoms with Crippen molar-refractivity contribution < 1.29 is 0 Å². The lowest BCUT2D eigenvalue weighted by molar-refractivity contribution is 1.18. The molecule has 0 saturated carbocycles. The molecule has 4 nitrogen and oxygen atoms in total. The van der Waals surface area contributed by atoms with Crippen molar-refractivity contribution in [2.75, 3.05) is 0 Å². The second kappa shape index (κ2) is 12.4. The molecule has 5 heteroatoms. The monoisotopic (exact) mass is 644 g/mol. The highest BCUT2D eigenvalue weighted by Gasteiger charge is 2.20. The minimum Gasteiger partial charge on any atom is -0.228 e. The van der Waals surface area contributed by atoms with E-state index in [1.807, 2.05) is 48.5 Å². The van der Waals surface area contributed by atoms with Crippen LogP contribution in [0.1, 0.15) is 0 Å². The van der Waals surface area contributed by atoms with Gasteiger partial charge in [0.25, 0.3) is 0 Å². The Balaban J connectivity index is 1.28. The molecule has 3 aromatic heterocycles. The summed E-state index contributed by atoms with van der Waals surface area (Å²) in [5.41, 5.74) is 11.0. The summed E-state index contributed by atoms with van der Waals surface area (Å²) >= 11 is 1.73. The lowest BCUT2D eigenvalue weighted by atomic mass is 10.0. The van der Waals surface area contributed by atoms with Crippen molar-refractivity contribution >= 4 is 31.6 Å². The van der Waals surface area contributed by atoms with Gasteiger partial charge in [-0.25, -0.2) is 19.9 Å². The molecular weight excluding hydrogens is 617 g/mol. The molecule has 0 fully saturated rings. The fourth-order valence-corrected chi connectivity index (χ4v) is 7.50. The SMILES string of the molecule is c1ccc(-c2ccc(-c3cc(-c4cccc5sc6c(-c7ccccc7)nc(-c7ccccc7)nc6c45)nc(-c4ccccc4)n3)cc2)cc1. The molecular formula is C44H28N4S. The summed E-state index contributed by atoms with van der Waals surface area (Å²) in [5.74, 6) is 1.38. The molecule has 0 N–H and O–H groups in total. The zero-order chi connectivity index (χ0) is 32.6. The fourth-order valence-electron chi connectivity index (χ4n) is 6.32. The van der Waals surface area contributed by atoms with Crippen LogP contribution in [-0.2, 0) is 0 Å². The predicted octanol–water partition coefficient (Wildman–Crippen LogP) is 11.6. The lowest BCUT2D eigenvalue weighted by Crippen LogP contribution is -1.97. The van der Waals surface area contributed by atoms with Crippen LogP contribution in [0.3, 0.4) is 0 Å². The third-order valence-corrected chi connectivity index (χ3v) is 9.89. The highest BCUT2D eigenvalue weighted by molar-refractivity contribution is 7.26. The molecule has 0 aliphatic heterocycles. The Morgan fingerprint density at radius 2 is 0.878 bits per heavy atom. The summed E-state index contributed by atoms with van der Waals surface area (Å²) in [7, 11) is 0. The van der Waals surface area contributed by atoms with E-state index in [-0.39, 0.29) is 0 Å². The molecule has 0 aliphatic rings. The maximum Gasteiger partial charge on any atom is 0.160 e. The number of hydrogen-bond donors (Lipinski definition) is 0. The number of hydrogen-bond acceptors (Lipinski definition) is 5. The fraction of sp³-hybridized carbons (Fsp3) is 0. The van der Waals surface area contributed by atoms with E-state index in [9.17, 15) is 0 Å². The Bertz CT molecular complexity index is 2570. The molecule has 0 spiro atoms. The third-order valence-electron chi connectivity index (χ3n) is 8.74. The molecule has 3 heterocycles. The van der Waals surface area contributed by atoms with E-state index >= 15 is 0 Å². The van der Waals surface area contributed by atoms with E-state index in [1.165, 1.54) is 11.1 Å². The van der Waals surface area contributed by atoms with Gasteiger partial charge in [-0.1, -0.05) is 158 Å². The van der Waals surface area contributed by atoms with Crippen LogP contribution < -0.4 is 0 Å². The van der Waals surface area contributed by atoms with E-state index in [0.717, 1.165) is 65.2 Å². The predicted molar refractivity (Wildman–Crippen MR) is 203 cm³/mol. The minimum absolute atomic E-state index is 0.682. The first-order chi connectivity index (χ1) is 24.3. The number of thiophene rings is 1. The first-order valence-electron chi connectivity index (χ1n) is 16.2. The summed E-state index contributed by atoms with van der Waals surface area (Å²) in [6.45, 7) is 0. The number of nitrogens with zero attached hydrogens (tertiary/aromatic N) is 4. The highest BCUT2D eigenvalue weighted by atomic mass is 32.1. The van der Waals surface area contributed by atoms with Crippen LogP contribution in [-0.4, -0.2) is 19.9 Å². The highest BCUT2D eigenvalue weighted by Crippen LogP contribution is 2.43. The topological polar surface area (TPSA) is 51.6 Å². The van der Waals surface area contributed by atoms with Gasteiger partial charge in [-0.3, -0.25) is 0 Å². The van der Waals surface area contributed by atoms with Crippen molar-refractivity contribution in [1.82, 2.24) is 19.9 Å². The molecule has 6 aromatic carbocycles. The Morgan fingerprint density at radius 1 is 0.367 bits per heavy atom. The molecule has 0 amide bonds. The average molecular weight is 645 g/mol. The molecule has 0 saturated heterocycles. The van der Waals surface area contributed by atoms with Gasteiger partial charge in [0.1, 0.15) is 0 Å². The standard InChI is InChI=1S/C44H28N4S/c1-5-14-29(15-6-1)30-24-26-31(27-25-30)36-28-37(46-43(45-36)33-18-9-3-10-19-33)35-22-13-23-38-39(35)41-42(49-38)40(32-16-7-2-8-17-32)47-44(48-41)34-20-11-4-12-21-34/h1-28H. The summed E-state index contributed by atoms with van der Waals surface area (Å²) < 4.78 is 2.19. The average Bonchev–Trinajstić information content (AvgIpc) is 3.58. The lowest BCUT2D eigenvalue weighted by Gasteiger charge is -2.11. The van der Waals surface area contributed by atoms with Crippen LogP contribution in [0.15, 0.2) is 170 Å². The van der Waals surface area contributed by atoms with E-state index in [0.29, 0.717) is 11.6 Å². The van der Waals surface area contributed by atoms with Crippen molar-refractivity contribution in [3.63, 3.8) is 0 Å². The van der Waals surface area contributed by atoms with E-state index in [4.69, 9.17) is 19.9 Å². The summed E-state index contributed by atoms with van der Waals surface area (Å²) in [6.07, 6.45) is 0. The first kappa shape index (κ1) is 28.9. The largest absolute Gasteiger partial charge is 0.228 e. The van der Waals surface area contributed by atoms with Crippen LogP contribution in [0.2, 0.25) is 0 Å². The van der Waals surface area contributed by atoms with Gasteiger partial charge in [0.2, 0.25) is 0 Å². The molecule has 0 bridgehead atoms. The van der Waals surface area contributed by atoms with Crippen molar-refractivity contribution in [2.45, 2.75) is 0 Å². The van der Waals surface area contributed by atoms with E-state index in [1.54, 1.807) is 11.3 Å². The third kappa shape index (κ3) is 5.46. The van der Waals surface area contributed by atoms with Gasteiger partial charge in [-0.05, 0) is 23.3 Å². The summed E-state index contributed by atoms with van der Waals surface area (Å²) in [5, 5.41) is 1.07. The van der Waals surface area contributed by atoms with Crippen molar-refractivity contribution in [3.05, 3.63) is 170 Å². The van der Waals surface area contributed by atoms with Crippen LogP contribution in [0.25, 0.3) is 88.0 Å². The molecule has 9 rings (SSSR count). The van der Waals surface area contributed by atoms with E-state index in [2.05, 4.69) is 121 Å². The second-order valence-corrected chi connectivity index (χ2v) is 12.9. The van der Waals surface area contributed by atoms with Gasteiger partial charge in [0.05, 0.1) is 27.3 Å². The number of benzene rings is 6. The first-order valence-corrected chi connectivity index (χ1v) is 17.0. The van der Waals surface area contributed by atoms with Crippen LogP contribution in [0, 0.1) is 0 Å². The van der Waals surface area contributed by atoms with Gasteiger partial charge in [-0.15, -0.1) is 11.3 Å². The van der Waals surface area contributed by atoms with Gasteiger partial charge >= 0.3 is 0 Å². The van der Waals surface area contributed by atoms with Gasteiger partial charge in [0.15, 0.2) is 11.6 Å². The quantitative estimate of drug-likeness (QED) is 0.181. The minimum atomic E-state index is 0.682. The second-order valence-electron chi connectivity index (χ2n) is 11.9. The molecule has 0 aliphatic carbocycles. The Morgan fingerprint density at radius 3 is 1.51 bits per heavy atom. The van der Waals surface area contributed by atoms with Crippen molar-refractivity contribution in [2.24, 2.45) is 0 Å². The van der Waals surface area contributed by atoms with Gasteiger partial charge < -0.3 is 0 Å². The van der Waals surface area contributed by atoms with Crippen LogP contribution in [0.5, 0.6) is 0 Å². The van der Waals surface area contributed by atoms with Crippen LogP contribution >= 0.6 is 11.3 Å². The zero-order valence-electron chi connectivity index (χ0n) is 26.4. The molecule has 49 heavy (non-hydrogen) atoms. The van der Waals surface area contributed by atoms with Gasteiger partial charge in [0, 0.05) is 37.9 Å². The Hall–Kier alpha value is -6.30. The van der Waals surface area contributed by atoms with Crippen molar-refractivity contribution in [1.29, 1.82) is 0 Å². The smallest absolute Gasteiger partial charge is 0.160 e. The Kier molecular flexibility index (Phi) is 7.30. The molecule has 0 unspecified atom stereocenters. The summed E-state index contributed by atoms with van der Waals surface area (Å²) in [4.78, 5) is 20.7. The van der Waals surface area contributed by atoms with Crippen LogP contribution in [0.4, 0.5) is 0 Å². The molecule has 9 aromatic rings. The molecule has 0 atom stereocenters.